The fourth-order valence-electron chi connectivity index (χ4n) is 1.19. The van der Waals surface area contributed by atoms with Crippen LogP contribution >= 0.6 is 0 Å². The maximum absolute atomic E-state index is 10.7. The average molecular weight is 181 g/mol. The number of nitrogens with two attached hydrogens (primary N) is 1. The number of benzene rings is 1. The normalized spacial score (nSPS) is 9.77. The van der Waals surface area contributed by atoms with Crippen LogP contribution in [-0.4, -0.2) is 11.1 Å². The molecule has 0 spiro atoms. The first-order valence-electron chi connectivity index (χ1n) is 3.77. The van der Waals surface area contributed by atoms with Crippen LogP contribution in [0.5, 0.6) is 5.75 Å². The van der Waals surface area contributed by atoms with E-state index in [1.165, 1.54) is 6.07 Å². The van der Waals surface area contributed by atoms with E-state index in [1.807, 2.05) is 0 Å². The van der Waals surface area contributed by atoms with Crippen molar-refractivity contribution in [1.29, 1.82) is 0 Å². The first kappa shape index (κ1) is 9.54. The summed E-state index contributed by atoms with van der Waals surface area (Å²) >= 11 is 0. The topological polar surface area (TPSA) is 72.5 Å². The smallest absolute Gasteiger partial charge is 0.336 e. The Morgan fingerprint density at radius 1 is 1.38 bits per heavy atom. The van der Waals surface area contributed by atoms with Crippen LogP contribution in [-0.2, 0) is 0 Å². The number of carbonyl (C=O) groups is 1. The predicted octanol–water partition coefficient (Wildman–Crippen LogP) is 1.25. The largest absolute Gasteiger partial charge is 0.478 e. The Kier molecular flexibility index (Phi) is 2.53. The van der Waals surface area contributed by atoms with Crippen molar-refractivity contribution in [3.05, 3.63) is 28.8 Å². The fraction of sp³-hybridized carbons (Fsp3) is 0.222. The molecule has 0 fully saturated rings. The highest BCUT2D eigenvalue weighted by Gasteiger charge is 2.10. The van der Waals surface area contributed by atoms with Gasteiger partial charge in [-0.25, -0.2) is 4.79 Å². The highest BCUT2D eigenvalue weighted by molar-refractivity contribution is 5.90. The maximum Gasteiger partial charge on any atom is 0.336 e. The van der Waals surface area contributed by atoms with Gasteiger partial charge in [0.15, 0.2) is 5.75 Å². The number of aromatic carboxylic acids is 1. The van der Waals surface area contributed by atoms with E-state index in [9.17, 15) is 4.79 Å². The molecule has 70 valence electrons. The minimum Gasteiger partial charge on any atom is -0.478 e. The molecule has 0 aliphatic rings. The van der Waals surface area contributed by atoms with E-state index in [1.54, 1.807) is 19.9 Å². The number of hydrogen-bond donors (Lipinski definition) is 2. The Bertz CT molecular complexity index is 347. The molecule has 1 rings (SSSR count). The molecule has 0 heterocycles. The molecule has 0 aliphatic heterocycles. The highest BCUT2D eigenvalue weighted by atomic mass is 16.6. The van der Waals surface area contributed by atoms with Gasteiger partial charge in [0.1, 0.15) is 0 Å². The molecule has 0 unspecified atom stereocenters. The molecule has 1 aromatic rings. The van der Waals surface area contributed by atoms with Crippen LogP contribution in [0.2, 0.25) is 0 Å². The van der Waals surface area contributed by atoms with E-state index in [4.69, 9.17) is 11.0 Å². The minimum atomic E-state index is -0.976. The second-order valence-electron chi connectivity index (χ2n) is 2.86. The van der Waals surface area contributed by atoms with Crippen molar-refractivity contribution in [2.75, 3.05) is 0 Å². The van der Waals surface area contributed by atoms with Gasteiger partial charge in [-0.05, 0) is 31.0 Å². The van der Waals surface area contributed by atoms with Crippen molar-refractivity contribution in [2.24, 2.45) is 5.90 Å². The molecule has 13 heavy (non-hydrogen) atoms. The van der Waals surface area contributed by atoms with Crippen LogP contribution in [0.25, 0.3) is 0 Å². The van der Waals surface area contributed by atoms with Gasteiger partial charge in [0, 0.05) is 0 Å². The number of carboxylic acids is 1. The van der Waals surface area contributed by atoms with Gasteiger partial charge in [-0.3, -0.25) is 0 Å². The van der Waals surface area contributed by atoms with E-state index in [0.29, 0.717) is 11.3 Å². The van der Waals surface area contributed by atoms with Gasteiger partial charge in [0.25, 0.3) is 0 Å². The van der Waals surface area contributed by atoms with Gasteiger partial charge in [-0.2, -0.15) is 5.90 Å². The van der Waals surface area contributed by atoms with Gasteiger partial charge >= 0.3 is 5.97 Å². The molecule has 0 saturated heterocycles. The zero-order valence-electron chi connectivity index (χ0n) is 7.50. The second kappa shape index (κ2) is 3.45. The van der Waals surface area contributed by atoms with Crippen molar-refractivity contribution >= 4 is 5.97 Å². The summed E-state index contributed by atoms with van der Waals surface area (Å²) in [7, 11) is 0. The van der Waals surface area contributed by atoms with E-state index in [-0.39, 0.29) is 5.56 Å². The second-order valence-corrected chi connectivity index (χ2v) is 2.86. The molecule has 0 bridgehead atoms. The predicted molar refractivity (Wildman–Crippen MR) is 47.7 cm³/mol. The molecule has 0 atom stereocenters. The number of rotatable bonds is 2. The third-order valence-corrected chi connectivity index (χ3v) is 1.88. The third-order valence-electron chi connectivity index (χ3n) is 1.88. The lowest BCUT2D eigenvalue weighted by Gasteiger charge is -2.07. The minimum absolute atomic E-state index is 0.214. The van der Waals surface area contributed by atoms with Gasteiger partial charge in [-0.1, -0.05) is 6.07 Å². The first-order chi connectivity index (χ1) is 6.06. The molecule has 0 aliphatic carbocycles. The molecule has 1 aromatic carbocycles. The zero-order chi connectivity index (χ0) is 10.0. The summed E-state index contributed by atoms with van der Waals surface area (Å²) in [4.78, 5) is 15.2. The first-order valence-corrected chi connectivity index (χ1v) is 3.77. The summed E-state index contributed by atoms with van der Waals surface area (Å²) in [5, 5.41) is 8.78. The quantitative estimate of drug-likeness (QED) is 0.673. The lowest BCUT2D eigenvalue weighted by molar-refractivity contribution is 0.0695. The van der Waals surface area contributed by atoms with E-state index >= 15 is 0 Å². The molecule has 0 radical (unpaired) electrons. The number of aryl methyl sites for hydroxylation is 2. The van der Waals surface area contributed by atoms with Crippen molar-refractivity contribution in [2.45, 2.75) is 13.8 Å². The molecule has 4 heteroatoms. The summed E-state index contributed by atoms with van der Waals surface area (Å²) in [5.41, 5.74) is 1.74. The van der Waals surface area contributed by atoms with E-state index in [0.717, 1.165) is 5.56 Å². The summed E-state index contributed by atoms with van der Waals surface area (Å²) in [6.45, 7) is 3.54. The fourth-order valence-corrected chi connectivity index (χ4v) is 1.19. The van der Waals surface area contributed by atoms with Gasteiger partial charge < -0.3 is 9.94 Å². The summed E-state index contributed by atoms with van der Waals surface area (Å²) in [5.74, 6) is 4.39. The van der Waals surface area contributed by atoms with Crippen LogP contribution in [0.4, 0.5) is 0 Å². The third kappa shape index (κ3) is 1.78. The van der Waals surface area contributed by atoms with Gasteiger partial charge in [0.05, 0.1) is 5.56 Å². The molecule has 3 N–H and O–H groups in total. The Morgan fingerprint density at radius 3 is 2.46 bits per heavy atom. The molecule has 4 nitrogen and oxygen atoms in total. The number of hydrogen-bond acceptors (Lipinski definition) is 3. The van der Waals surface area contributed by atoms with Crippen molar-refractivity contribution in [1.82, 2.24) is 0 Å². The molecule has 0 aromatic heterocycles. The average Bonchev–Trinajstić information content (AvgIpc) is 2.03. The van der Waals surface area contributed by atoms with Crippen LogP contribution in [0, 0.1) is 13.8 Å². The summed E-state index contributed by atoms with van der Waals surface area (Å²) in [6, 6.07) is 3.15. The van der Waals surface area contributed by atoms with Crippen molar-refractivity contribution < 1.29 is 14.7 Å². The van der Waals surface area contributed by atoms with Gasteiger partial charge in [0.2, 0.25) is 0 Å². The Balaban J connectivity index is 3.30. The van der Waals surface area contributed by atoms with Crippen LogP contribution in [0.15, 0.2) is 12.1 Å². The Labute approximate surface area is 75.9 Å². The molecule has 0 amide bonds. The lowest BCUT2D eigenvalue weighted by atomic mass is 10.1. The van der Waals surface area contributed by atoms with E-state index in [2.05, 4.69) is 4.84 Å². The zero-order valence-corrected chi connectivity index (χ0v) is 7.50. The Morgan fingerprint density at radius 2 is 2.00 bits per heavy atom. The molecule has 0 saturated carbocycles. The van der Waals surface area contributed by atoms with Crippen LogP contribution < -0.4 is 10.7 Å². The van der Waals surface area contributed by atoms with Crippen LogP contribution in [0.3, 0.4) is 0 Å². The SMILES string of the molecule is Cc1cc(C)c(C(=O)O)cc1ON. The standard InChI is InChI=1S/C9H11NO3/c1-5-3-6(2)8(13-10)4-7(5)9(11)12/h3-4H,10H2,1-2H3,(H,11,12). The number of carboxylic acid groups (broad SMARTS) is 1. The Hall–Kier alpha value is -1.55. The van der Waals surface area contributed by atoms with Crippen molar-refractivity contribution in [3.8, 4) is 5.75 Å². The van der Waals surface area contributed by atoms with Crippen LogP contribution in [0.1, 0.15) is 21.5 Å². The monoisotopic (exact) mass is 181 g/mol. The van der Waals surface area contributed by atoms with Crippen molar-refractivity contribution in [3.63, 3.8) is 0 Å². The lowest BCUT2D eigenvalue weighted by Crippen LogP contribution is -2.07. The highest BCUT2D eigenvalue weighted by Crippen LogP contribution is 2.21. The summed E-state index contributed by atoms with van der Waals surface area (Å²) < 4.78 is 0. The van der Waals surface area contributed by atoms with E-state index < -0.39 is 5.97 Å². The maximum atomic E-state index is 10.7. The van der Waals surface area contributed by atoms with Gasteiger partial charge in [-0.15, -0.1) is 0 Å². The molecular weight excluding hydrogens is 170 g/mol. The summed E-state index contributed by atoms with van der Waals surface area (Å²) in [6.07, 6.45) is 0. The molecular formula is C9H11NO3.